The van der Waals surface area contributed by atoms with Crippen LogP contribution in [0.1, 0.15) is 11.1 Å². The van der Waals surface area contributed by atoms with Crippen LogP contribution in [-0.4, -0.2) is 10.1 Å². The lowest BCUT2D eigenvalue weighted by atomic mass is 10.2. The lowest BCUT2D eigenvalue weighted by Gasteiger charge is -1.99. The molecule has 5 heteroatoms. The van der Waals surface area contributed by atoms with Crippen LogP contribution >= 0.6 is 11.6 Å². The van der Waals surface area contributed by atoms with E-state index in [9.17, 15) is 10.1 Å². The molecule has 4 nitrogen and oxygen atoms in total. The number of hydrogen-bond donors (Lipinski definition) is 0. The van der Waals surface area contributed by atoms with Crippen LogP contribution in [0, 0.1) is 10.1 Å². The summed E-state index contributed by atoms with van der Waals surface area (Å²) in [7, 11) is 0. The monoisotopic (exact) mass is 274 g/mol. The number of non-ortho nitro benzene ring substituents is 1. The molecule has 2 aromatic rings. The summed E-state index contributed by atoms with van der Waals surface area (Å²) >= 11 is 6.08. The lowest BCUT2D eigenvalue weighted by molar-refractivity contribution is -0.384. The van der Waals surface area contributed by atoms with Gasteiger partial charge in [0.15, 0.2) is 0 Å². The van der Waals surface area contributed by atoms with E-state index in [1.54, 1.807) is 12.1 Å². The maximum atomic E-state index is 10.5. The molecule has 0 spiro atoms. The van der Waals surface area contributed by atoms with Gasteiger partial charge < -0.3 is 0 Å². The molecule has 96 valence electrons. The second-order valence-electron chi connectivity index (χ2n) is 3.90. The van der Waals surface area contributed by atoms with Crippen molar-refractivity contribution < 1.29 is 4.92 Å². The highest BCUT2D eigenvalue weighted by Crippen LogP contribution is 2.13. The maximum Gasteiger partial charge on any atom is 0.269 e. The third-order valence-corrected chi connectivity index (χ3v) is 2.90. The van der Waals surface area contributed by atoms with Crippen molar-refractivity contribution in [2.24, 2.45) is 4.99 Å². The molecule has 0 aromatic heterocycles. The molecule has 0 heterocycles. The molecule has 0 atom stereocenters. The number of hydrogen-bond acceptors (Lipinski definition) is 3. The SMILES string of the molecule is O=[N+]([O-])c1ccc(CN=C(Cl)c2ccccc2)cc1. The first-order valence-electron chi connectivity index (χ1n) is 5.65. The van der Waals surface area contributed by atoms with Gasteiger partial charge in [-0.25, -0.2) is 0 Å². The third-order valence-electron chi connectivity index (χ3n) is 2.56. The minimum absolute atomic E-state index is 0.0712. The minimum atomic E-state index is -0.427. The van der Waals surface area contributed by atoms with Gasteiger partial charge in [-0.3, -0.25) is 15.1 Å². The van der Waals surface area contributed by atoms with Crippen LogP contribution < -0.4 is 0 Å². The van der Waals surface area contributed by atoms with Crippen molar-refractivity contribution in [1.82, 2.24) is 0 Å². The first-order valence-corrected chi connectivity index (χ1v) is 6.03. The van der Waals surface area contributed by atoms with Crippen molar-refractivity contribution in [1.29, 1.82) is 0 Å². The van der Waals surface area contributed by atoms with Crippen LogP contribution in [0.3, 0.4) is 0 Å². The number of rotatable bonds is 4. The summed E-state index contributed by atoms with van der Waals surface area (Å²) in [5, 5.41) is 10.9. The van der Waals surface area contributed by atoms with Gasteiger partial charge in [0, 0.05) is 17.7 Å². The van der Waals surface area contributed by atoms with Crippen LogP contribution in [0.15, 0.2) is 59.6 Å². The highest BCUT2D eigenvalue weighted by molar-refractivity contribution is 6.69. The van der Waals surface area contributed by atoms with Crippen LogP contribution in [-0.2, 0) is 6.54 Å². The smallest absolute Gasteiger partial charge is 0.268 e. The molecule has 2 rings (SSSR count). The Bertz CT molecular complexity index is 595. The zero-order valence-electron chi connectivity index (χ0n) is 9.99. The molecular weight excluding hydrogens is 264 g/mol. The average Bonchev–Trinajstić information content (AvgIpc) is 2.46. The van der Waals surface area contributed by atoms with Crippen molar-refractivity contribution in [2.75, 3.05) is 0 Å². The molecule has 0 aliphatic heterocycles. The number of halogens is 1. The Morgan fingerprint density at radius 3 is 2.32 bits per heavy atom. The highest BCUT2D eigenvalue weighted by Gasteiger charge is 2.04. The van der Waals surface area contributed by atoms with Crippen molar-refractivity contribution in [3.05, 3.63) is 75.8 Å². The second kappa shape index (κ2) is 6.11. The van der Waals surface area contributed by atoms with E-state index in [0.717, 1.165) is 11.1 Å². The molecule has 19 heavy (non-hydrogen) atoms. The summed E-state index contributed by atoms with van der Waals surface area (Å²) in [6, 6.07) is 15.7. The first-order chi connectivity index (χ1) is 9.16. The summed E-state index contributed by atoms with van der Waals surface area (Å²) in [6.45, 7) is 0.395. The molecule has 2 aromatic carbocycles. The maximum absolute atomic E-state index is 10.5. The summed E-state index contributed by atoms with van der Waals surface area (Å²) in [5.74, 6) is 0. The lowest BCUT2D eigenvalue weighted by Crippen LogP contribution is -1.93. The molecule has 0 aliphatic rings. The molecular formula is C14H11ClN2O2. The zero-order chi connectivity index (χ0) is 13.7. The standard InChI is InChI=1S/C14H11ClN2O2/c15-14(12-4-2-1-3-5-12)16-10-11-6-8-13(9-7-11)17(18)19/h1-9H,10H2. The van der Waals surface area contributed by atoms with E-state index >= 15 is 0 Å². The van der Waals surface area contributed by atoms with Gasteiger partial charge in [-0.15, -0.1) is 0 Å². The van der Waals surface area contributed by atoms with Gasteiger partial charge in [0.2, 0.25) is 0 Å². The van der Waals surface area contributed by atoms with E-state index in [1.807, 2.05) is 30.3 Å². The van der Waals surface area contributed by atoms with Gasteiger partial charge in [-0.2, -0.15) is 0 Å². The first kappa shape index (κ1) is 13.2. The molecule has 0 saturated heterocycles. The molecule has 0 radical (unpaired) electrons. The predicted molar refractivity (Wildman–Crippen MR) is 75.6 cm³/mol. The van der Waals surface area contributed by atoms with E-state index < -0.39 is 4.92 Å². The summed E-state index contributed by atoms with van der Waals surface area (Å²) in [6.07, 6.45) is 0. The van der Waals surface area contributed by atoms with E-state index in [4.69, 9.17) is 11.6 Å². The quantitative estimate of drug-likeness (QED) is 0.484. The van der Waals surface area contributed by atoms with Gasteiger partial charge in [-0.1, -0.05) is 54.1 Å². The summed E-state index contributed by atoms with van der Waals surface area (Å²) < 4.78 is 0. The Morgan fingerprint density at radius 1 is 1.11 bits per heavy atom. The minimum Gasteiger partial charge on any atom is -0.268 e. The summed E-state index contributed by atoms with van der Waals surface area (Å²) in [5.41, 5.74) is 1.80. The van der Waals surface area contributed by atoms with Gasteiger partial charge in [0.25, 0.3) is 5.69 Å². The Hall–Kier alpha value is -2.20. The van der Waals surface area contributed by atoms with Crippen LogP contribution in [0.5, 0.6) is 0 Å². The Kier molecular flexibility index (Phi) is 4.26. The number of nitrogens with zero attached hydrogens (tertiary/aromatic N) is 2. The zero-order valence-corrected chi connectivity index (χ0v) is 10.7. The normalized spacial score (nSPS) is 11.3. The molecule has 0 saturated carbocycles. The second-order valence-corrected chi connectivity index (χ2v) is 4.25. The Labute approximate surface area is 115 Å². The molecule has 0 unspecified atom stereocenters. The average molecular weight is 275 g/mol. The van der Waals surface area contributed by atoms with Gasteiger partial charge in [-0.05, 0) is 5.56 Å². The molecule has 0 amide bonds. The van der Waals surface area contributed by atoms with Gasteiger partial charge in [0.05, 0.1) is 11.5 Å². The van der Waals surface area contributed by atoms with Gasteiger partial charge >= 0.3 is 0 Å². The van der Waals surface area contributed by atoms with E-state index in [1.165, 1.54) is 12.1 Å². The van der Waals surface area contributed by atoms with Crippen molar-refractivity contribution in [2.45, 2.75) is 6.54 Å². The topological polar surface area (TPSA) is 55.5 Å². The fourth-order valence-corrected chi connectivity index (χ4v) is 1.74. The van der Waals surface area contributed by atoms with Crippen LogP contribution in [0.4, 0.5) is 5.69 Å². The third kappa shape index (κ3) is 3.63. The van der Waals surface area contributed by atoms with E-state index in [-0.39, 0.29) is 5.69 Å². The summed E-state index contributed by atoms with van der Waals surface area (Å²) in [4.78, 5) is 14.3. The number of benzene rings is 2. The predicted octanol–water partition coefficient (Wildman–Crippen LogP) is 3.78. The number of aliphatic imine (C=N–C) groups is 1. The fraction of sp³-hybridized carbons (Fsp3) is 0.0714. The Balaban J connectivity index is 2.08. The van der Waals surface area contributed by atoms with Crippen molar-refractivity contribution >= 4 is 22.5 Å². The highest BCUT2D eigenvalue weighted by atomic mass is 35.5. The van der Waals surface area contributed by atoms with E-state index in [2.05, 4.69) is 4.99 Å². The molecule has 0 N–H and O–H groups in total. The van der Waals surface area contributed by atoms with Gasteiger partial charge in [0.1, 0.15) is 5.17 Å². The molecule has 0 fully saturated rings. The van der Waals surface area contributed by atoms with Crippen LogP contribution in [0.25, 0.3) is 0 Å². The molecule has 0 bridgehead atoms. The number of nitro groups is 1. The van der Waals surface area contributed by atoms with Crippen molar-refractivity contribution in [3.8, 4) is 0 Å². The van der Waals surface area contributed by atoms with Crippen molar-refractivity contribution in [3.63, 3.8) is 0 Å². The van der Waals surface area contributed by atoms with E-state index in [0.29, 0.717) is 11.7 Å². The van der Waals surface area contributed by atoms with Crippen LogP contribution in [0.2, 0.25) is 0 Å². The molecule has 0 aliphatic carbocycles. The largest absolute Gasteiger partial charge is 0.269 e. The Morgan fingerprint density at radius 2 is 1.74 bits per heavy atom. The number of nitro benzene ring substituents is 1. The fourth-order valence-electron chi connectivity index (χ4n) is 1.55.